The molecule has 0 spiro atoms. The number of carbonyl (C=O) groups is 1. The van der Waals surface area contributed by atoms with Gasteiger partial charge in [-0.25, -0.2) is 9.97 Å². The summed E-state index contributed by atoms with van der Waals surface area (Å²) in [5.74, 6) is -0.526. The fourth-order valence-electron chi connectivity index (χ4n) is 3.49. The molecule has 30 heavy (non-hydrogen) atoms. The number of nitrogens with two attached hydrogens (primary N) is 1. The van der Waals surface area contributed by atoms with E-state index in [-0.39, 0.29) is 41.8 Å². The van der Waals surface area contributed by atoms with Gasteiger partial charge in [-0.05, 0) is 17.7 Å². The molecule has 1 atom stereocenters. The number of halogens is 3. The normalized spacial score (nSPS) is 15.8. The molecular formula is C20H18F3N5O2. The molecule has 1 unspecified atom stereocenters. The molecule has 0 bridgehead atoms. The number of fused-ring (bicyclic) bond motifs is 1. The van der Waals surface area contributed by atoms with Gasteiger partial charge in [0.05, 0.1) is 41.9 Å². The van der Waals surface area contributed by atoms with Crippen LogP contribution in [0.4, 0.5) is 19.1 Å². The van der Waals surface area contributed by atoms with Crippen LogP contribution in [0.25, 0.3) is 11.4 Å². The standard InChI is InChI=1S/C20H18F3N5O2/c21-20(22,23)11-28-16(14-6-7-25-19(24)27-14)8-13-17(28)15(26-18(13)29)10-30-9-12-4-2-1-3-5-12/h1-8,15H,9-11H2,(H,26,29)(H2,24,25,27). The average molecular weight is 417 g/mol. The lowest BCUT2D eigenvalue weighted by Crippen LogP contribution is -2.27. The van der Waals surface area contributed by atoms with E-state index in [4.69, 9.17) is 10.5 Å². The molecule has 1 aromatic carbocycles. The molecule has 3 heterocycles. The third kappa shape index (κ3) is 4.13. The highest BCUT2D eigenvalue weighted by molar-refractivity contribution is 6.00. The fourth-order valence-corrected chi connectivity index (χ4v) is 3.49. The SMILES string of the molecule is Nc1nccc(-c2cc3c(n2CC(F)(F)F)C(COCc2ccccc2)NC3=O)n1. The molecule has 3 N–H and O–H groups in total. The average Bonchev–Trinajstić information content (AvgIpc) is 3.20. The number of hydrogen-bond acceptors (Lipinski definition) is 5. The van der Waals surface area contributed by atoms with Crippen molar-refractivity contribution in [2.24, 2.45) is 0 Å². The summed E-state index contributed by atoms with van der Waals surface area (Å²) >= 11 is 0. The van der Waals surface area contributed by atoms with E-state index in [1.807, 2.05) is 30.3 Å². The van der Waals surface area contributed by atoms with Crippen molar-refractivity contribution in [1.29, 1.82) is 0 Å². The maximum Gasteiger partial charge on any atom is 0.406 e. The molecule has 7 nitrogen and oxygen atoms in total. The first kappa shape index (κ1) is 19.9. The summed E-state index contributed by atoms with van der Waals surface area (Å²) in [4.78, 5) is 20.2. The Hall–Kier alpha value is -3.40. The zero-order valence-electron chi connectivity index (χ0n) is 15.7. The maximum absolute atomic E-state index is 13.3. The second kappa shape index (κ2) is 7.79. The second-order valence-corrected chi connectivity index (χ2v) is 6.86. The minimum absolute atomic E-state index is 0.0286. The van der Waals surface area contributed by atoms with E-state index in [1.54, 1.807) is 0 Å². The molecule has 4 rings (SSSR count). The van der Waals surface area contributed by atoms with Crippen LogP contribution >= 0.6 is 0 Å². The number of anilines is 1. The van der Waals surface area contributed by atoms with Crippen LogP contribution in [0.1, 0.15) is 27.7 Å². The number of alkyl halides is 3. The van der Waals surface area contributed by atoms with E-state index in [9.17, 15) is 18.0 Å². The third-order valence-corrected chi connectivity index (χ3v) is 4.69. The van der Waals surface area contributed by atoms with Crippen molar-refractivity contribution in [2.45, 2.75) is 25.4 Å². The van der Waals surface area contributed by atoms with Crippen LogP contribution in [0.5, 0.6) is 0 Å². The number of amides is 1. The monoisotopic (exact) mass is 417 g/mol. The molecule has 10 heteroatoms. The van der Waals surface area contributed by atoms with Crippen LogP contribution < -0.4 is 11.1 Å². The zero-order chi connectivity index (χ0) is 21.3. The van der Waals surface area contributed by atoms with E-state index in [0.717, 1.165) is 10.1 Å². The summed E-state index contributed by atoms with van der Waals surface area (Å²) in [5.41, 5.74) is 7.25. The molecule has 0 radical (unpaired) electrons. The van der Waals surface area contributed by atoms with E-state index in [2.05, 4.69) is 15.3 Å². The Labute approximate surface area is 169 Å². The van der Waals surface area contributed by atoms with Crippen LogP contribution in [0.3, 0.4) is 0 Å². The number of nitrogens with one attached hydrogen (secondary N) is 1. The Morgan fingerprint density at radius 2 is 1.97 bits per heavy atom. The largest absolute Gasteiger partial charge is 0.406 e. The lowest BCUT2D eigenvalue weighted by atomic mass is 10.2. The van der Waals surface area contributed by atoms with Gasteiger partial charge in [-0.15, -0.1) is 0 Å². The summed E-state index contributed by atoms with van der Waals surface area (Å²) in [6.07, 6.45) is -3.14. The first-order valence-corrected chi connectivity index (χ1v) is 9.13. The van der Waals surface area contributed by atoms with Gasteiger partial charge < -0.3 is 20.4 Å². The summed E-state index contributed by atoms with van der Waals surface area (Å²) in [6.45, 7) is -0.968. The molecule has 0 saturated carbocycles. The second-order valence-electron chi connectivity index (χ2n) is 6.86. The van der Waals surface area contributed by atoms with Crippen molar-refractivity contribution < 1.29 is 22.7 Å². The summed E-state index contributed by atoms with van der Waals surface area (Å²) < 4.78 is 46.8. The number of ether oxygens (including phenoxy) is 1. The van der Waals surface area contributed by atoms with E-state index in [1.165, 1.54) is 18.3 Å². The number of carbonyl (C=O) groups excluding carboxylic acids is 1. The van der Waals surface area contributed by atoms with Crippen molar-refractivity contribution >= 4 is 11.9 Å². The summed E-state index contributed by atoms with van der Waals surface area (Å²) in [5, 5.41) is 2.69. The van der Waals surface area contributed by atoms with Gasteiger partial charge in [0, 0.05) is 6.20 Å². The maximum atomic E-state index is 13.3. The van der Waals surface area contributed by atoms with Crippen LogP contribution in [-0.2, 0) is 17.9 Å². The van der Waals surface area contributed by atoms with Crippen LogP contribution in [0, 0.1) is 0 Å². The number of hydrogen-bond donors (Lipinski definition) is 2. The molecule has 0 fully saturated rings. The molecule has 3 aromatic rings. The fraction of sp³-hybridized carbons (Fsp3) is 0.250. The lowest BCUT2D eigenvalue weighted by molar-refractivity contribution is -0.140. The molecule has 0 saturated heterocycles. The highest BCUT2D eigenvalue weighted by Crippen LogP contribution is 2.35. The Balaban J connectivity index is 1.66. The Morgan fingerprint density at radius 3 is 2.67 bits per heavy atom. The third-order valence-electron chi connectivity index (χ3n) is 4.69. The highest BCUT2D eigenvalue weighted by Gasteiger charge is 2.38. The predicted molar refractivity (Wildman–Crippen MR) is 102 cm³/mol. The first-order valence-electron chi connectivity index (χ1n) is 9.13. The topological polar surface area (TPSA) is 95.1 Å². The van der Waals surface area contributed by atoms with Crippen LogP contribution in [-0.4, -0.2) is 33.2 Å². The first-order chi connectivity index (χ1) is 14.3. The highest BCUT2D eigenvalue weighted by atomic mass is 19.4. The number of rotatable bonds is 6. The zero-order valence-corrected chi connectivity index (χ0v) is 15.7. The van der Waals surface area contributed by atoms with Gasteiger partial charge in [-0.3, -0.25) is 4.79 Å². The Morgan fingerprint density at radius 1 is 1.20 bits per heavy atom. The molecule has 0 aliphatic carbocycles. The van der Waals surface area contributed by atoms with Crippen molar-refractivity contribution in [1.82, 2.24) is 19.9 Å². The van der Waals surface area contributed by atoms with Crippen LogP contribution in [0.2, 0.25) is 0 Å². The molecular weight excluding hydrogens is 399 g/mol. The molecule has 1 aliphatic heterocycles. The van der Waals surface area contributed by atoms with Crippen LogP contribution in [0.15, 0.2) is 48.7 Å². The van der Waals surface area contributed by atoms with Gasteiger partial charge in [0.25, 0.3) is 5.91 Å². The lowest BCUT2D eigenvalue weighted by Gasteiger charge is -2.19. The molecule has 2 aromatic heterocycles. The van der Waals surface area contributed by atoms with Gasteiger partial charge in [0.2, 0.25) is 5.95 Å². The van der Waals surface area contributed by atoms with Crippen molar-refractivity contribution in [3.05, 3.63) is 65.5 Å². The summed E-state index contributed by atoms with van der Waals surface area (Å²) in [6, 6.07) is 11.5. The summed E-state index contributed by atoms with van der Waals surface area (Å²) in [7, 11) is 0. The molecule has 1 aliphatic rings. The number of aromatic nitrogens is 3. The van der Waals surface area contributed by atoms with Crippen molar-refractivity contribution in [2.75, 3.05) is 12.3 Å². The van der Waals surface area contributed by atoms with Gasteiger partial charge in [-0.2, -0.15) is 13.2 Å². The van der Waals surface area contributed by atoms with Gasteiger partial charge in [0.1, 0.15) is 6.54 Å². The van der Waals surface area contributed by atoms with E-state index < -0.39 is 24.7 Å². The van der Waals surface area contributed by atoms with Gasteiger partial charge >= 0.3 is 6.18 Å². The smallest absolute Gasteiger partial charge is 0.374 e. The number of nitrogen functional groups attached to an aromatic ring is 1. The molecule has 156 valence electrons. The van der Waals surface area contributed by atoms with Crippen molar-refractivity contribution in [3.63, 3.8) is 0 Å². The minimum Gasteiger partial charge on any atom is -0.374 e. The number of nitrogens with zero attached hydrogens (tertiary/aromatic N) is 3. The Kier molecular flexibility index (Phi) is 5.17. The Bertz CT molecular complexity index is 1070. The van der Waals surface area contributed by atoms with Gasteiger partial charge in [0.15, 0.2) is 0 Å². The predicted octanol–water partition coefficient (Wildman–Crippen LogP) is 3.09. The van der Waals surface area contributed by atoms with Crippen molar-refractivity contribution in [3.8, 4) is 11.4 Å². The van der Waals surface area contributed by atoms with E-state index in [0.29, 0.717) is 0 Å². The molecule has 1 amide bonds. The minimum atomic E-state index is -4.50. The van der Waals surface area contributed by atoms with Gasteiger partial charge in [-0.1, -0.05) is 30.3 Å². The van der Waals surface area contributed by atoms with E-state index >= 15 is 0 Å². The quantitative estimate of drug-likeness (QED) is 0.643. The number of benzene rings is 1.